The normalized spacial score (nSPS) is 12.7. The molecule has 5 heteroatoms. The molecule has 0 spiro atoms. The Bertz CT molecular complexity index is 515. The molecule has 1 unspecified atom stereocenters. The van der Waals surface area contributed by atoms with E-state index in [2.05, 4.69) is 11.6 Å². The van der Waals surface area contributed by atoms with Crippen molar-refractivity contribution in [2.45, 2.75) is 38.4 Å². The molecule has 0 heterocycles. The van der Waals surface area contributed by atoms with Crippen LogP contribution >= 0.6 is 0 Å². The Hall–Kier alpha value is -1.54. The third kappa shape index (κ3) is 4.04. The quantitative estimate of drug-likeness (QED) is 0.860. The maximum atomic E-state index is 11.7. The second-order valence-electron chi connectivity index (χ2n) is 4.22. The van der Waals surface area contributed by atoms with Gasteiger partial charge in [0.15, 0.2) is 5.25 Å². The first kappa shape index (κ1) is 14.5. The van der Waals surface area contributed by atoms with Crippen molar-refractivity contribution in [1.82, 2.24) is 0 Å². The maximum Gasteiger partial charge on any atom is 0.248 e. The van der Waals surface area contributed by atoms with Gasteiger partial charge in [-0.2, -0.15) is 5.26 Å². The lowest BCUT2D eigenvalue weighted by atomic mass is 10.1. The summed E-state index contributed by atoms with van der Waals surface area (Å²) in [5.41, 5.74) is 1.69. The standard InChI is InChI=1S/C13H18N2O2S/c1-3-4-5-12-6-8-13(9-7-12)15-18(16,17)11(2)10-14/h6-9,11,15H,3-5H2,1-2H3. The van der Waals surface area contributed by atoms with E-state index in [1.807, 2.05) is 12.1 Å². The highest BCUT2D eigenvalue weighted by Crippen LogP contribution is 2.14. The summed E-state index contributed by atoms with van der Waals surface area (Å²) < 4.78 is 25.7. The molecule has 1 aromatic carbocycles. The minimum Gasteiger partial charge on any atom is -0.282 e. The van der Waals surface area contributed by atoms with E-state index >= 15 is 0 Å². The van der Waals surface area contributed by atoms with Crippen molar-refractivity contribution in [3.05, 3.63) is 29.8 Å². The van der Waals surface area contributed by atoms with E-state index in [-0.39, 0.29) is 0 Å². The van der Waals surface area contributed by atoms with Crippen molar-refractivity contribution >= 4 is 15.7 Å². The Morgan fingerprint density at radius 1 is 1.33 bits per heavy atom. The molecule has 0 radical (unpaired) electrons. The summed E-state index contributed by atoms with van der Waals surface area (Å²) in [6.45, 7) is 3.49. The van der Waals surface area contributed by atoms with Crippen LogP contribution in [-0.4, -0.2) is 13.7 Å². The molecule has 0 saturated carbocycles. The highest BCUT2D eigenvalue weighted by Gasteiger charge is 2.19. The van der Waals surface area contributed by atoms with Crippen LogP contribution in [0.25, 0.3) is 0 Å². The number of hydrogen-bond donors (Lipinski definition) is 1. The molecule has 18 heavy (non-hydrogen) atoms. The molecule has 0 aliphatic rings. The van der Waals surface area contributed by atoms with Gasteiger partial charge in [0.1, 0.15) is 0 Å². The van der Waals surface area contributed by atoms with E-state index in [0.29, 0.717) is 5.69 Å². The molecule has 0 aliphatic heterocycles. The third-order valence-electron chi connectivity index (χ3n) is 2.68. The van der Waals surface area contributed by atoms with E-state index in [9.17, 15) is 8.42 Å². The maximum absolute atomic E-state index is 11.7. The number of sulfonamides is 1. The molecule has 0 saturated heterocycles. The van der Waals surface area contributed by atoms with Crippen molar-refractivity contribution in [1.29, 1.82) is 5.26 Å². The second kappa shape index (κ2) is 6.41. The van der Waals surface area contributed by atoms with E-state index < -0.39 is 15.3 Å². The van der Waals surface area contributed by atoms with Gasteiger partial charge in [-0.25, -0.2) is 8.42 Å². The Balaban J connectivity index is 2.73. The van der Waals surface area contributed by atoms with Gasteiger partial charge in [-0.15, -0.1) is 0 Å². The fourth-order valence-electron chi connectivity index (χ4n) is 1.44. The predicted molar refractivity (Wildman–Crippen MR) is 72.7 cm³/mol. The van der Waals surface area contributed by atoms with Crippen LogP contribution in [0, 0.1) is 11.3 Å². The van der Waals surface area contributed by atoms with Crippen molar-refractivity contribution in [3.8, 4) is 6.07 Å². The molecule has 1 N–H and O–H groups in total. The third-order valence-corrected chi connectivity index (χ3v) is 4.24. The fourth-order valence-corrected chi connectivity index (χ4v) is 2.22. The summed E-state index contributed by atoms with van der Waals surface area (Å²) in [7, 11) is -3.60. The number of nitrogens with zero attached hydrogens (tertiary/aromatic N) is 1. The van der Waals surface area contributed by atoms with E-state index in [1.165, 1.54) is 12.5 Å². The van der Waals surface area contributed by atoms with E-state index in [4.69, 9.17) is 5.26 Å². The molecular formula is C13H18N2O2S. The Morgan fingerprint density at radius 2 is 1.94 bits per heavy atom. The summed E-state index contributed by atoms with van der Waals surface area (Å²) in [4.78, 5) is 0. The van der Waals surface area contributed by atoms with Crippen LogP contribution in [-0.2, 0) is 16.4 Å². The van der Waals surface area contributed by atoms with Crippen LogP contribution in [0.2, 0.25) is 0 Å². The van der Waals surface area contributed by atoms with Gasteiger partial charge in [-0.3, -0.25) is 4.72 Å². The number of benzene rings is 1. The van der Waals surface area contributed by atoms with Gasteiger partial charge in [0.25, 0.3) is 0 Å². The molecule has 4 nitrogen and oxygen atoms in total. The van der Waals surface area contributed by atoms with Gasteiger partial charge < -0.3 is 0 Å². The summed E-state index contributed by atoms with van der Waals surface area (Å²) in [6, 6.07) is 8.99. The van der Waals surface area contributed by atoms with Crippen LogP contribution in [0.5, 0.6) is 0 Å². The number of hydrogen-bond acceptors (Lipinski definition) is 3. The number of unbranched alkanes of at least 4 members (excludes halogenated alkanes) is 1. The number of aryl methyl sites for hydroxylation is 1. The minimum absolute atomic E-state index is 0.498. The van der Waals surface area contributed by atoms with Gasteiger partial charge in [0, 0.05) is 5.69 Å². The molecule has 0 amide bonds. The zero-order valence-corrected chi connectivity index (χ0v) is 11.5. The van der Waals surface area contributed by atoms with Crippen LogP contribution in [0.4, 0.5) is 5.69 Å². The lowest BCUT2D eigenvalue weighted by Crippen LogP contribution is -2.23. The molecule has 1 aromatic rings. The zero-order chi connectivity index (χ0) is 13.6. The average molecular weight is 266 g/mol. The van der Waals surface area contributed by atoms with Crippen LogP contribution in [0.15, 0.2) is 24.3 Å². The highest BCUT2D eigenvalue weighted by atomic mass is 32.2. The summed E-state index contributed by atoms with van der Waals surface area (Å²) in [6.07, 6.45) is 3.25. The molecule has 1 atom stereocenters. The molecular weight excluding hydrogens is 248 g/mol. The summed E-state index contributed by atoms with van der Waals surface area (Å²) in [5, 5.41) is 7.56. The first-order chi connectivity index (χ1) is 8.49. The second-order valence-corrected chi connectivity index (χ2v) is 6.22. The predicted octanol–water partition coefficient (Wildman–Crippen LogP) is 2.68. The lowest BCUT2D eigenvalue weighted by Gasteiger charge is -2.09. The largest absolute Gasteiger partial charge is 0.282 e. The molecule has 0 aliphatic carbocycles. The first-order valence-electron chi connectivity index (χ1n) is 5.99. The van der Waals surface area contributed by atoms with Gasteiger partial charge in [0.2, 0.25) is 10.0 Å². The van der Waals surface area contributed by atoms with Crippen LogP contribution in [0.3, 0.4) is 0 Å². The molecule has 98 valence electrons. The molecule has 0 bridgehead atoms. The van der Waals surface area contributed by atoms with Crippen LogP contribution in [0.1, 0.15) is 32.3 Å². The van der Waals surface area contributed by atoms with E-state index in [1.54, 1.807) is 18.2 Å². The van der Waals surface area contributed by atoms with Gasteiger partial charge in [-0.1, -0.05) is 25.5 Å². The molecule has 0 fully saturated rings. The summed E-state index contributed by atoms with van der Waals surface area (Å²) in [5.74, 6) is 0. The SMILES string of the molecule is CCCCc1ccc(NS(=O)(=O)C(C)C#N)cc1. The van der Waals surface area contributed by atoms with Crippen molar-refractivity contribution in [3.63, 3.8) is 0 Å². The topological polar surface area (TPSA) is 70.0 Å². The van der Waals surface area contributed by atoms with Gasteiger partial charge in [0.05, 0.1) is 6.07 Å². The smallest absolute Gasteiger partial charge is 0.248 e. The lowest BCUT2D eigenvalue weighted by molar-refractivity contribution is 0.597. The zero-order valence-electron chi connectivity index (χ0n) is 10.7. The Labute approximate surface area is 109 Å². The number of anilines is 1. The number of nitriles is 1. The first-order valence-corrected chi connectivity index (χ1v) is 7.54. The van der Waals surface area contributed by atoms with Crippen molar-refractivity contribution in [2.24, 2.45) is 0 Å². The number of nitrogens with one attached hydrogen (secondary N) is 1. The van der Waals surface area contributed by atoms with Crippen molar-refractivity contribution < 1.29 is 8.42 Å². The number of rotatable bonds is 6. The average Bonchev–Trinajstić information content (AvgIpc) is 2.36. The van der Waals surface area contributed by atoms with Gasteiger partial charge >= 0.3 is 0 Å². The molecule has 0 aromatic heterocycles. The Morgan fingerprint density at radius 3 is 2.44 bits per heavy atom. The minimum atomic E-state index is -3.60. The Kier molecular flexibility index (Phi) is 5.17. The summed E-state index contributed by atoms with van der Waals surface area (Å²) >= 11 is 0. The van der Waals surface area contributed by atoms with Gasteiger partial charge in [-0.05, 0) is 37.5 Å². The van der Waals surface area contributed by atoms with Crippen LogP contribution < -0.4 is 4.72 Å². The molecule has 1 rings (SSSR count). The fraction of sp³-hybridized carbons (Fsp3) is 0.462. The van der Waals surface area contributed by atoms with Crippen molar-refractivity contribution in [2.75, 3.05) is 4.72 Å². The highest BCUT2D eigenvalue weighted by molar-refractivity contribution is 7.93. The van der Waals surface area contributed by atoms with E-state index in [0.717, 1.165) is 19.3 Å². The monoisotopic (exact) mass is 266 g/mol.